The number of aliphatic hydroxyl groups is 1. The zero-order chi connectivity index (χ0) is 16.0. The third-order valence-corrected chi connectivity index (χ3v) is 2.88. The highest BCUT2D eigenvalue weighted by atomic mass is 35.5. The maximum atomic E-state index is 11.7. The topological polar surface area (TPSA) is 96.9 Å². The van der Waals surface area contributed by atoms with E-state index in [1.54, 1.807) is 6.07 Å². The van der Waals surface area contributed by atoms with Gasteiger partial charge in [0.05, 0.1) is 18.7 Å². The second-order valence-corrected chi connectivity index (χ2v) is 4.50. The maximum Gasteiger partial charge on any atom is 0.321 e. The van der Waals surface area contributed by atoms with Crippen LogP contribution in [0.1, 0.15) is 12.5 Å². The number of methoxy groups -OCH3 is 1. The van der Waals surface area contributed by atoms with Crippen LogP contribution in [0.3, 0.4) is 0 Å². The average molecular weight is 317 g/mol. The molecule has 0 saturated carbocycles. The molecule has 1 unspecified atom stereocenters. The summed E-state index contributed by atoms with van der Waals surface area (Å²) in [5.74, 6) is -0.180. The summed E-state index contributed by atoms with van der Waals surface area (Å²) in [5.41, 5.74) is 0.548. The van der Waals surface area contributed by atoms with Crippen LogP contribution in [0.2, 0.25) is 5.02 Å². The van der Waals surface area contributed by atoms with Crippen molar-refractivity contribution in [3.63, 3.8) is 0 Å². The van der Waals surface area contributed by atoms with E-state index in [0.29, 0.717) is 5.56 Å². The first-order valence-corrected chi connectivity index (χ1v) is 6.47. The summed E-state index contributed by atoms with van der Waals surface area (Å²) in [5, 5.41) is 13.6. The molecular formula is C13H17ClN2O5. The average Bonchev–Trinajstić information content (AvgIpc) is 2.48. The molecule has 1 atom stereocenters. The van der Waals surface area contributed by atoms with Crippen molar-refractivity contribution in [1.29, 1.82) is 0 Å². The van der Waals surface area contributed by atoms with E-state index in [1.165, 1.54) is 27.1 Å². The number of benzene rings is 1. The van der Waals surface area contributed by atoms with Gasteiger partial charge in [-0.3, -0.25) is 10.1 Å². The lowest BCUT2D eigenvalue weighted by molar-refractivity contribution is -0.126. The van der Waals surface area contributed by atoms with Gasteiger partial charge >= 0.3 is 6.03 Å². The number of carbonyl (C=O) groups is 2. The highest BCUT2D eigenvalue weighted by molar-refractivity contribution is 6.32. The van der Waals surface area contributed by atoms with Crippen molar-refractivity contribution in [1.82, 2.24) is 10.6 Å². The monoisotopic (exact) mass is 316 g/mol. The molecule has 7 nitrogen and oxygen atoms in total. The van der Waals surface area contributed by atoms with Crippen LogP contribution in [-0.2, 0) is 11.4 Å². The van der Waals surface area contributed by atoms with E-state index < -0.39 is 18.0 Å². The zero-order valence-corrected chi connectivity index (χ0v) is 12.7. The summed E-state index contributed by atoms with van der Waals surface area (Å²) in [6.07, 6.45) is -0.964. The van der Waals surface area contributed by atoms with Crippen LogP contribution in [0.15, 0.2) is 12.1 Å². The fourth-order valence-electron chi connectivity index (χ4n) is 1.49. The number of amides is 3. The molecule has 0 aliphatic heterocycles. The Kier molecular flexibility index (Phi) is 6.26. The SMILES string of the molecule is CNC(=O)NC(=O)C(C)Oc1c(Cl)cc(CO)cc1OC. The highest BCUT2D eigenvalue weighted by Crippen LogP contribution is 2.37. The van der Waals surface area contributed by atoms with Gasteiger partial charge in [-0.05, 0) is 24.6 Å². The molecule has 0 aliphatic carbocycles. The molecule has 0 bridgehead atoms. The van der Waals surface area contributed by atoms with Crippen LogP contribution >= 0.6 is 11.6 Å². The quantitative estimate of drug-likeness (QED) is 0.755. The lowest BCUT2D eigenvalue weighted by atomic mass is 10.2. The van der Waals surface area contributed by atoms with E-state index >= 15 is 0 Å². The summed E-state index contributed by atoms with van der Waals surface area (Å²) in [7, 11) is 2.80. The van der Waals surface area contributed by atoms with E-state index in [2.05, 4.69) is 10.6 Å². The van der Waals surface area contributed by atoms with Gasteiger partial charge in [-0.15, -0.1) is 0 Å². The summed E-state index contributed by atoms with van der Waals surface area (Å²) >= 11 is 6.05. The molecular weight excluding hydrogens is 300 g/mol. The van der Waals surface area contributed by atoms with E-state index in [0.717, 1.165) is 0 Å². The minimum Gasteiger partial charge on any atom is -0.493 e. The summed E-state index contributed by atoms with van der Waals surface area (Å²) in [6, 6.07) is 2.41. The van der Waals surface area contributed by atoms with E-state index in [4.69, 9.17) is 26.2 Å². The van der Waals surface area contributed by atoms with Crippen LogP contribution < -0.4 is 20.1 Å². The maximum absolute atomic E-state index is 11.7. The molecule has 1 rings (SSSR count). The van der Waals surface area contributed by atoms with Crippen molar-refractivity contribution in [3.05, 3.63) is 22.7 Å². The van der Waals surface area contributed by atoms with Crippen molar-refractivity contribution < 1.29 is 24.2 Å². The number of hydrogen-bond donors (Lipinski definition) is 3. The van der Waals surface area contributed by atoms with Crippen LogP contribution in [0, 0.1) is 0 Å². The molecule has 3 N–H and O–H groups in total. The van der Waals surface area contributed by atoms with Gasteiger partial charge in [-0.25, -0.2) is 4.79 Å². The van der Waals surface area contributed by atoms with E-state index in [-0.39, 0.29) is 23.1 Å². The van der Waals surface area contributed by atoms with Crippen molar-refractivity contribution >= 4 is 23.5 Å². The second kappa shape index (κ2) is 7.70. The number of ether oxygens (including phenoxy) is 2. The van der Waals surface area contributed by atoms with Gasteiger partial charge in [-0.1, -0.05) is 11.6 Å². The Balaban J connectivity index is 2.91. The number of urea groups is 1. The van der Waals surface area contributed by atoms with E-state index in [9.17, 15) is 9.59 Å². The number of aliphatic hydroxyl groups excluding tert-OH is 1. The van der Waals surface area contributed by atoms with Gasteiger partial charge in [0, 0.05) is 7.05 Å². The van der Waals surface area contributed by atoms with Crippen molar-refractivity contribution in [2.75, 3.05) is 14.2 Å². The van der Waals surface area contributed by atoms with Gasteiger partial charge in [-0.2, -0.15) is 0 Å². The standard InChI is InChI=1S/C13H17ClN2O5/c1-7(12(18)16-13(19)15-2)21-11-9(14)4-8(6-17)5-10(11)20-3/h4-5,7,17H,6H2,1-3H3,(H2,15,16,18,19). The predicted molar refractivity (Wildman–Crippen MR) is 76.6 cm³/mol. The Labute approximate surface area is 127 Å². The molecule has 0 heterocycles. The van der Waals surface area contributed by atoms with Gasteiger partial charge in [0.25, 0.3) is 5.91 Å². The third kappa shape index (κ3) is 4.51. The highest BCUT2D eigenvalue weighted by Gasteiger charge is 2.21. The molecule has 0 aliphatic rings. The fraction of sp³-hybridized carbons (Fsp3) is 0.385. The van der Waals surface area contributed by atoms with E-state index in [1.807, 2.05) is 0 Å². The molecule has 0 fully saturated rings. The number of imide groups is 1. The van der Waals surface area contributed by atoms with Crippen molar-refractivity contribution in [3.8, 4) is 11.5 Å². The molecule has 3 amide bonds. The molecule has 0 radical (unpaired) electrons. The number of nitrogens with one attached hydrogen (secondary N) is 2. The molecule has 116 valence electrons. The van der Waals surface area contributed by atoms with Crippen molar-refractivity contribution in [2.45, 2.75) is 19.6 Å². The Bertz CT molecular complexity index is 536. The van der Waals surface area contributed by atoms with Gasteiger partial charge in [0.2, 0.25) is 0 Å². The Morgan fingerprint density at radius 1 is 1.43 bits per heavy atom. The molecule has 1 aromatic carbocycles. The molecule has 1 aromatic rings. The van der Waals surface area contributed by atoms with Gasteiger partial charge in [0.15, 0.2) is 17.6 Å². The summed E-state index contributed by atoms with van der Waals surface area (Å²) in [4.78, 5) is 22.8. The first-order valence-electron chi connectivity index (χ1n) is 6.09. The second-order valence-electron chi connectivity index (χ2n) is 4.10. The Morgan fingerprint density at radius 2 is 2.10 bits per heavy atom. The third-order valence-electron chi connectivity index (χ3n) is 2.60. The molecule has 0 aromatic heterocycles. The smallest absolute Gasteiger partial charge is 0.321 e. The van der Waals surface area contributed by atoms with Crippen LogP contribution in [0.25, 0.3) is 0 Å². The van der Waals surface area contributed by atoms with Gasteiger partial charge in [0.1, 0.15) is 0 Å². The lowest BCUT2D eigenvalue weighted by Gasteiger charge is -2.18. The normalized spacial score (nSPS) is 11.5. The number of rotatable bonds is 5. The number of hydrogen-bond acceptors (Lipinski definition) is 5. The minimum atomic E-state index is -0.964. The number of carbonyl (C=O) groups excluding carboxylic acids is 2. The van der Waals surface area contributed by atoms with Crippen LogP contribution in [0.5, 0.6) is 11.5 Å². The number of halogens is 1. The van der Waals surface area contributed by atoms with Crippen LogP contribution in [-0.4, -0.2) is 37.3 Å². The van der Waals surface area contributed by atoms with Crippen molar-refractivity contribution in [2.24, 2.45) is 0 Å². The lowest BCUT2D eigenvalue weighted by Crippen LogP contribution is -2.44. The molecule has 0 spiro atoms. The molecule has 21 heavy (non-hydrogen) atoms. The summed E-state index contributed by atoms with van der Waals surface area (Å²) < 4.78 is 10.6. The Hall–Kier alpha value is -1.99. The largest absolute Gasteiger partial charge is 0.493 e. The summed E-state index contributed by atoms with van der Waals surface area (Å²) in [6.45, 7) is 1.26. The van der Waals surface area contributed by atoms with Crippen LogP contribution in [0.4, 0.5) is 4.79 Å². The molecule has 8 heteroatoms. The first-order chi connectivity index (χ1) is 9.92. The van der Waals surface area contributed by atoms with Gasteiger partial charge < -0.3 is 19.9 Å². The first kappa shape index (κ1) is 17.1. The Morgan fingerprint density at radius 3 is 2.62 bits per heavy atom. The molecule has 0 saturated heterocycles. The fourth-order valence-corrected chi connectivity index (χ4v) is 1.76. The zero-order valence-electron chi connectivity index (χ0n) is 11.9. The minimum absolute atomic E-state index is 0.163. The predicted octanol–water partition coefficient (Wildman–Crippen LogP) is 1.06.